The van der Waals surface area contributed by atoms with E-state index in [9.17, 15) is 0 Å². The van der Waals surface area contributed by atoms with Crippen molar-refractivity contribution in [3.8, 4) is 11.5 Å². The van der Waals surface area contributed by atoms with Crippen molar-refractivity contribution in [3.63, 3.8) is 0 Å². The first-order valence-electron chi connectivity index (χ1n) is 8.28. The van der Waals surface area contributed by atoms with E-state index in [2.05, 4.69) is 39.4 Å². The standard InChI is InChI=1S/C19H21BrN2O3/c1-4-23-16-9-7-14(11-17(16)24-5-2)19-21-18(22-25-19)13-6-8-15(20)12(3)10-13/h6-11,18,22H,4-5H2,1-3H3. The van der Waals surface area contributed by atoms with Gasteiger partial charge in [0.05, 0.1) is 13.2 Å². The Morgan fingerprint density at radius 1 is 1.08 bits per heavy atom. The third-order valence-corrected chi connectivity index (χ3v) is 4.69. The lowest BCUT2D eigenvalue weighted by Crippen LogP contribution is -2.15. The minimum Gasteiger partial charge on any atom is -0.490 e. The van der Waals surface area contributed by atoms with Gasteiger partial charge in [0.25, 0.3) is 0 Å². The number of rotatable bonds is 6. The second-order valence-electron chi connectivity index (χ2n) is 5.59. The molecule has 1 aliphatic heterocycles. The molecule has 0 amide bonds. The van der Waals surface area contributed by atoms with Crippen LogP contribution in [0.3, 0.4) is 0 Å². The van der Waals surface area contributed by atoms with E-state index in [1.54, 1.807) is 0 Å². The Labute approximate surface area is 156 Å². The number of aliphatic imine (C=N–C) groups is 1. The Balaban J connectivity index is 1.86. The summed E-state index contributed by atoms with van der Waals surface area (Å²) in [4.78, 5) is 10.2. The first kappa shape index (κ1) is 17.8. The molecule has 6 heteroatoms. The predicted molar refractivity (Wildman–Crippen MR) is 101 cm³/mol. The van der Waals surface area contributed by atoms with Gasteiger partial charge in [0.2, 0.25) is 5.90 Å². The fraction of sp³-hybridized carbons (Fsp3) is 0.316. The molecule has 0 fully saturated rings. The third-order valence-electron chi connectivity index (χ3n) is 3.80. The summed E-state index contributed by atoms with van der Waals surface area (Å²) in [6.07, 6.45) is -0.232. The number of halogens is 1. The molecule has 0 radical (unpaired) electrons. The van der Waals surface area contributed by atoms with Gasteiger partial charge in [0.1, 0.15) is 0 Å². The van der Waals surface area contributed by atoms with Crippen molar-refractivity contribution in [2.75, 3.05) is 13.2 Å². The van der Waals surface area contributed by atoms with Gasteiger partial charge >= 0.3 is 0 Å². The van der Waals surface area contributed by atoms with Gasteiger partial charge in [0.15, 0.2) is 17.7 Å². The number of aryl methyl sites for hydroxylation is 1. The van der Waals surface area contributed by atoms with E-state index in [0.29, 0.717) is 24.9 Å². The van der Waals surface area contributed by atoms with Crippen molar-refractivity contribution >= 4 is 21.8 Å². The molecule has 25 heavy (non-hydrogen) atoms. The summed E-state index contributed by atoms with van der Waals surface area (Å²) in [5.41, 5.74) is 6.01. The lowest BCUT2D eigenvalue weighted by molar-refractivity contribution is 0.180. The molecule has 132 valence electrons. The predicted octanol–water partition coefficient (Wildman–Crippen LogP) is 4.54. The highest BCUT2D eigenvalue weighted by Gasteiger charge is 2.23. The minimum atomic E-state index is -0.232. The quantitative estimate of drug-likeness (QED) is 0.767. The van der Waals surface area contributed by atoms with Crippen LogP contribution in [-0.2, 0) is 4.84 Å². The first-order chi connectivity index (χ1) is 12.1. The number of hydrogen-bond acceptors (Lipinski definition) is 5. The maximum atomic E-state index is 5.67. The first-order valence-corrected chi connectivity index (χ1v) is 9.08. The van der Waals surface area contributed by atoms with Crippen LogP contribution in [0.2, 0.25) is 0 Å². The van der Waals surface area contributed by atoms with Gasteiger partial charge in [-0.3, -0.25) is 0 Å². The van der Waals surface area contributed by atoms with Crippen LogP contribution in [0.25, 0.3) is 0 Å². The zero-order valence-corrected chi connectivity index (χ0v) is 16.1. The van der Waals surface area contributed by atoms with Crippen molar-refractivity contribution in [2.45, 2.75) is 26.9 Å². The Morgan fingerprint density at radius 3 is 2.56 bits per heavy atom. The molecule has 5 nitrogen and oxygen atoms in total. The van der Waals surface area contributed by atoms with Gasteiger partial charge in [-0.05, 0) is 56.2 Å². The highest BCUT2D eigenvalue weighted by Crippen LogP contribution is 2.31. The minimum absolute atomic E-state index is 0.232. The monoisotopic (exact) mass is 404 g/mol. The van der Waals surface area contributed by atoms with E-state index in [1.807, 2.05) is 44.2 Å². The number of benzene rings is 2. The topological polar surface area (TPSA) is 52.1 Å². The molecule has 0 saturated carbocycles. The molecule has 3 rings (SSSR count). The van der Waals surface area contributed by atoms with Crippen molar-refractivity contribution in [1.82, 2.24) is 5.48 Å². The summed E-state index contributed by atoms with van der Waals surface area (Å²) in [7, 11) is 0. The second kappa shape index (κ2) is 7.89. The third kappa shape index (κ3) is 3.96. The normalized spacial score (nSPS) is 16.3. The zero-order chi connectivity index (χ0) is 17.8. The lowest BCUT2D eigenvalue weighted by atomic mass is 10.1. The SMILES string of the molecule is CCOc1ccc(C2=NC(c3ccc(Br)c(C)c3)NO2)cc1OCC. The Kier molecular flexibility index (Phi) is 5.60. The molecule has 0 spiro atoms. The number of hydroxylamine groups is 1. The van der Waals surface area contributed by atoms with Crippen LogP contribution < -0.4 is 15.0 Å². The smallest absolute Gasteiger partial charge is 0.242 e. The maximum absolute atomic E-state index is 5.67. The molecule has 1 N–H and O–H groups in total. The fourth-order valence-corrected chi connectivity index (χ4v) is 2.83. The van der Waals surface area contributed by atoms with E-state index in [-0.39, 0.29) is 6.17 Å². The maximum Gasteiger partial charge on any atom is 0.242 e. The molecule has 1 aliphatic rings. The van der Waals surface area contributed by atoms with Crippen LogP contribution in [0.15, 0.2) is 45.9 Å². The van der Waals surface area contributed by atoms with E-state index >= 15 is 0 Å². The molecule has 2 aromatic rings. The van der Waals surface area contributed by atoms with Crippen molar-refractivity contribution < 1.29 is 14.3 Å². The highest BCUT2D eigenvalue weighted by molar-refractivity contribution is 9.10. The van der Waals surface area contributed by atoms with Crippen LogP contribution in [0.5, 0.6) is 11.5 Å². The Morgan fingerprint density at radius 2 is 1.84 bits per heavy atom. The van der Waals surface area contributed by atoms with E-state index in [0.717, 1.165) is 26.9 Å². The van der Waals surface area contributed by atoms with E-state index < -0.39 is 0 Å². The number of hydrogen-bond donors (Lipinski definition) is 1. The van der Waals surface area contributed by atoms with Crippen LogP contribution in [0.1, 0.15) is 36.7 Å². The molecular weight excluding hydrogens is 384 g/mol. The zero-order valence-electron chi connectivity index (χ0n) is 14.5. The van der Waals surface area contributed by atoms with Gasteiger partial charge < -0.3 is 14.3 Å². The summed E-state index contributed by atoms with van der Waals surface area (Å²) in [6.45, 7) is 7.09. The van der Waals surface area contributed by atoms with Crippen molar-refractivity contribution in [3.05, 3.63) is 57.6 Å². The summed E-state index contributed by atoms with van der Waals surface area (Å²) in [6, 6.07) is 11.8. The lowest BCUT2D eigenvalue weighted by Gasteiger charge is -2.11. The summed E-state index contributed by atoms with van der Waals surface area (Å²) >= 11 is 3.52. The molecule has 0 aromatic heterocycles. The van der Waals surface area contributed by atoms with Crippen molar-refractivity contribution in [2.24, 2.45) is 4.99 Å². The largest absolute Gasteiger partial charge is 0.490 e. The summed E-state index contributed by atoms with van der Waals surface area (Å²) in [5.74, 6) is 1.95. The van der Waals surface area contributed by atoms with Gasteiger partial charge in [-0.2, -0.15) is 0 Å². The number of nitrogens with zero attached hydrogens (tertiary/aromatic N) is 1. The summed E-state index contributed by atoms with van der Waals surface area (Å²) < 4.78 is 12.3. The van der Waals surface area contributed by atoms with E-state index in [1.165, 1.54) is 0 Å². The molecule has 0 aliphatic carbocycles. The fourth-order valence-electron chi connectivity index (χ4n) is 2.58. The van der Waals surface area contributed by atoms with Gasteiger partial charge in [0, 0.05) is 10.0 Å². The summed E-state index contributed by atoms with van der Waals surface area (Å²) in [5, 5.41) is 0. The molecule has 0 bridgehead atoms. The number of nitrogens with one attached hydrogen (secondary N) is 1. The van der Waals surface area contributed by atoms with Gasteiger partial charge in [-0.25, -0.2) is 4.99 Å². The van der Waals surface area contributed by atoms with Crippen LogP contribution >= 0.6 is 15.9 Å². The second-order valence-corrected chi connectivity index (χ2v) is 6.45. The van der Waals surface area contributed by atoms with Gasteiger partial charge in [-0.1, -0.05) is 28.1 Å². The van der Waals surface area contributed by atoms with Gasteiger partial charge in [-0.15, -0.1) is 5.48 Å². The molecule has 1 atom stereocenters. The molecule has 1 heterocycles. The molecule has 0 saturated heterocycles. The molecule has 2 aromatic carbocycles. The van der Waals surface area contributed by atoms with Crippen molar-refractivity contribution in [1.29, 1.82) is 0 Å². The van der Waals surface area contributed by atoms with Crippen LogP contribution in [0.4, 0.5) is 0 Å². The van der Waals surface area contributed by atoms with E-state index in [4.69, 9.17) is 14.3 Å². The highest BCUT2D eigenvalue weighted by atomic mass is 79.9. The Hall–Kier alpha value is -2.05. The number of ether oxygens (including phenoxy) is 2. The Bertz CT molecular complexity index is 792. The average molecular weight is 405 g/mol. The van der Waals surface area contributed by atoms with Crippen LogP contribution in [-0.4, -0.2) is 19.1 Å². The van der Waals surface area contributed by atoms with Crippen LogP contribution in [0, 0.1) is 6.92 Å². The average Bonchev–Trinajstić information content (AvgIpc) is 3.09. The molecule has 1 unspecified atom stereocenters. The molecular formula is C19H21BrN2O3.